The van der Waals surface area contributed by atoms with Crippen molar-refractivity contribution in [3.63, 3.8) is 0 Å². The quantitative estimate of drug-likeness (QED) is 0.927. The first-order valence-corrected chi connectivity index (χ1v) is 7.31. The molecule has 0 radical (unpaired) electrons. The van der Waals surface area contributed by atoms with Gasteiger partial charge in [-0.05, 0) is 43.5 Å². The Hall–Kier alpha value is -0.450. The monoisotopic (exact) mass is 314 g/mol. The molecular formula is C14H20BrFN2. The molecule has 4 heteroatoms. The average molecular weight is 315 g/mol. The van der Waals surface area contributed by atoms with Gasteiger partial charge in [0.15, 0.2) is 0 Å². The summed E-state index contributed by atoms with van der Waals surface area (Å²) in [5.74, 6) is -0.179. The predicted molar refractivity (Wildman–Crippen MR) is 75.8 cm³/mol. The third-order valence-electron chi connectivity index (χ3n) is 3.83. The Balaban J connectivity index is 2.17. The predicted octanol–water partition coefficient (Wildman–Crippen LogP) is 3.29. The first-order valence-electron chi connectivity index (χ1n) is 6.51. The Morgan fingerprint density at radius 3 is 2.94 bits per heavy atom. The van der Waals surface area contributed by atoms with Gasteiger partial charge in [-0.2, -0.15) is 0 Å². The van der Waals surface area contributed by atoms with Gasteiger partial charge in [-0.15, -0.1) is 0 Å². The highest BCUT2D eigenvalue weighted by Crippen LogP contribution is 2.27. The minimum Gasteiger partial charge on any atom is -0.329 e. The summed E-state index contributed by atoms with van der Waals surface area (Å²) in [5.41, 5.74) is 6.85. The molecule has 0 aromatic heterocycles. The molecule has 18 heavy (non-hydrogen) atoms. The highest BCUT2D eigenvalue weighted by atomic mass is 79.9. The first-order chi connectivity index (χ1) is 8.61. The standard InChI is InChI=1S/C14H20BrFN2/c1-10-3-2-4-13(8-17)18(10)9-11-7-12(16)5-6-14(11)15/h5-7,10,13H,2-4,8-9,17H2,1H3. The molecule has 2 nitrogen and oxygen atoms in total. The number of hydrogen-bond acceptors (Lipinski definition) is 2. The molecule has 0 saturated carbocycles. The molecular weight excluding hydrogens is 295 g/mol. The van der Waals surface area contributed by atoms with Crippen LogP contribution in [0.5, 0.6) is 0 Å². The van der Waals surface area contributed by atoms with Crippen molar-refractivity contribution < 1.29 is 4.39 Å². The highest BCUT2D eigenvalue weighted by Gasteiger charge is 2.27. The minimum absolute atomic E-state index is 0.179. The van der Waals surface area contributed by atoms with Crippen molar-refractivity contribution >= 4 is 15.9 Å². The van der Waals surface area contributed by atoms with Crippen LogP contribution >= 0.6 is 15.9 Å². The maximum atomic E-state index is 13.3. The van der Waals surface area contributed by atoms with E-state index in [2.05, 4.69) is 27.8 Å². The molecule has 1 aliphatic rings. The third-order valence-corrected chi connectivity index (χ3v) is 4.60. The van der Waals surface area contributed by atoms with E-state index in [0.29, 0.717) is 18.6 Å². The normalized spacial score (nSPS) is 25.3. The zero-order chi connectivity index (χ0) is 13.1. The summed E-state index contributed by atoms with van der Waals surface area (Å²) in [6.07, 6.45) is 3.58. The van der Waals surface area contributed by atoms with Gasteiger partial charge in [0, 0.05) is 29.6 Å². The summed E-state index contributed by atoms with van der Waals surface area (Å²) < 4.78 is 14.3. The Morgan fingerprint density at radius 1 is 1.44 bits per heavy atom. The van der Waals surface area contributed by atoms with Crippen LogP contribution in [0.1, 0.15) is 31.7 Å². The van der Waals surface area contributed by atoms with Crippen LogP contribution in [-0.4, -0.2) is 23.5 Å². The van der Waals surface area contributed by atoms with Crippen LogP contribution in [0.3, 0.4) is 0 Å². The molecule has 2 N–H and O–H groups in total. The minimum atomic E-state index is -0.179. The molecule has 2 unspecified atom stereocenters. The molecule has 0 amide bonds. The summed E-state index contributed by atoms with van der Waals surface area (Å²) in [5, 5.41) is 0. The summed E-state index contributed by atoms with van der Waals surface area (Å²) in [6.45, 7) is 3.67. The van der Waals surface area contributed by atoms with Crippen molar-refractivity contribution in [1.82, 2.24) is 4.90 Å². The van der Waals surface area contributed by atoms with E-state index < -0.39 is 0 Å². The van der Waals surface area contributed by atoms with Gasteiger partial charge in [-0.3, -0.25) is 4.90 Å². The van der Waals surface area contributed by atoms with Crippen LogP contribution in [-0.2, 0) is 6.54 Å². The van der Waals surface area contributed by atoms with E-state index in [1.165, 1.54) is 18.9 Å². The van der Waals surface area contributed by atoms with E-state index in [-0.39, 0.29) is 5.82 Å². The van der Waals surface area contributed by atoms with Gasteiger partial charge in [0.2, 0.25) is 0 Å². The van der Waals surface area contributed by atoms with Crippen molar-refractivity contribution in [2.75, 3.05) is 6.54 Å². The van der Waals surface area contributed by atoms with Gasteiger partial charge >= 0.3 is 0 Å². The second-order valence-electron chi connectivity index (χ2n) is 5.08. The SMILES string of the molecule is CC1CCCC(CN)N1Cc1cc(F)ccc1Br. The molecule has 1 fully saturated rings. The van der Waals surface area contributed by atoms with Gasteiger partial charge in [0.25, 0.3) is 0 Å². The van der Waals surface area contributed by atoms with Gasteiger partial charge < -0.3 is 5.73 Å². The Kier molecular flexibility index (Phi) is 4.76. The number of nitrogens with two attached hydrogens (primary N) is 1. The van der Waals surface area contributed by atoms with E-state index in [9.17, 15) is 4.39 Å². The second kappa shape index (κ2) is 6.13. The van der Waals surface area contributed by atoms with Gasteiger partial charge in [0.1, 0.15) is 5.82 Å². The highest BCUT2D eigenvalue weighted by molar-refractivity contribution is 9.10. The van der Waals surface area contributed by atoms with Crippen molar-refractivity contribution in [3.05, 3.63) is 34.1 Å². The number of hydrogen-bond donors (Lipinski definition) is 1. The van der Waals surface area contributed by atoms with Crippen molar-refractivity contribution in [2.45, 2.75) is 44.8 Å². The lowest BCUT2D eigenvalue weighted by Gasteiger charge is -2.40. The maximum absolute atomic E-state index is 13.3. The fourth-order valence-electron chi connectivity index (χ4n) is 2.74. The summed E-state index contributed by atoms with van der Waals surface area (Å²) in [7, 11) is 0. The fraction of sp³-hybridized carbons (Fsp3) is 0.571. The fourth-order valence-corrected chi connectivity index (χ4v) is 3.11. The summed E-state index contributed by atoms with van der Waals surface area (Å²) >= 11 is 3.49. The van der Waals surface area contributed by atoms with Crippen LogP contribution in [0.25, 0.3) is 0 Å². The van der Waals surface area contributed by atoms with E-state index in [0.717, 1.165) is 23.0 Å². The van der Waals surface area contributed by atoms with Gasteiger partial charge in [-0.1, -0.05) is 22.4 Å². The maximum Gasteiger partial charge on any atom is 0.123 e. The Bertz CT molecular complexity index is 411. The van der Waals surface area contributed by atoms with Crippen LogP contribution in [0.2, 0.25) is 0 Å². The largest absolute Gasteiger partial charge is 0.329 e. The molecule has 1 heterocycles. The van der Waals surface area contributed by atoms with E-state index in [1.54, 1.807) is 12.1 Å². The lowest BCUT2D eigenvalue weighted by atomic mass is 9.95. The zero-order valence-electron chi connectivity index (χ0n) is 10.7. The van der Waals surface area contributed by atoms with Crippen LogP contribution in [0, 0.1) is 5.82 Å². The van der Waals surface area contributed by atoms with E-state index in [4.69, 9.17) is 5.73 Å². The lowest BCUT2D eigenvalue weighted by Crippen LogP contribution is -2.48. The molecule has 1 aliphatic heterocycles. The zero-order valence-corrected chi connectivity index (χ0v) is 12.3. The van der Waals surface area contributed by atoms with Crippen LogP contribution in [0.4, 0.5) is 4.39 Å². The number of benzene rings is 1. The lowest BCUT2D eigenvalue weighted by molar-refractivity contribution is 0.0889. The summed E-state index contributed by atoms with van der Waals surface area (Å²) in [6, 6.07) is 5.80. The molecule has 0 spiro atoms. The third kappa shape index (κ3) is 3.11. The molecule has 0 bridgehead atoms. The number of nitrogens with zero attached hydrogens (tertiary/aromatic N) is 1. The van der Waals surface area contributed by atoms with Gasteiger partial charge in [0.05, 0.1) is 0 Å². The Morgan fingerprint density at radius 2 is 2.22 bits per heavy atom. The van der Waals surface area contributed by atoms with Gasteiger partial charge in [-0.25, -0.2) is 4.39 Å². The van der Waals surface area contributed by atoms with E-state index in [1.807, 2.05) is 0 Å². The van der Waals surface area contributed by atoms with Crippen molar-refractivity contribution in [1.29, 1.82) is 0 Å². The number of likely N-dealkylation sites (tertiary alicyclic amines) is 1. The summed E-state index contributed by atoms with van der Waals surface area (Å²) in [4.78, 5) is 2.41. The molecule has 2 atom stereocenters. The molecule has 2 rings (SSSR count). The number of rotatable bonds is 3. The topological polar surface area (TPSA) is 29.3 Å². The molecule has 1 saturated heterocycles. The first kappa shape index (κ1) is 14.0. The molecule has 100 valence electrons. The molecule has 1 aromatic rings. The average Bonchev–Trinajstić information content (AvgIpc) is 2.36. The Labute approximate surface area is 116 Å². The van der Waals surface area contributed by atoms with Crippen molar-refractivity contribution in [2.24, 2.45) is 5.73 Å². The molecule has 1 aromatic carbocycles. The second-order valence-corrected chi connectivity index (χ2v) is 5.93. The van der Waals surface area contributed by atoms with Crippen molar-refractivity contribution in [3.8, 4) is 0 Å². The smallest absolute Gasteiger partial charge is 0.123 e. The van der Waals surface area contributed by atoms with Crippen LogP contribution < -0.4 is 5.73 Å². The van der Waals surface area contributed by atoms with Crippen LogP contribution in [0.15, 0.2) is 22.7 Å². The van der Waals surface area contributed by atoms with E-state index >= 15 is 0 Å². The molecule has 0 aliphatic carbocycles. The number of halogens is 2. The number of piperidine rings is 1.